The fourth-order valence-corrected chi connectivity index (χ4v) is 4.22. The highest BCUT2D eigenvalue weighted by Crippen LogP contribution is 2.20. The molecule has 0 radical (unpaired) electrons. The van der Waals surface area contributed by atoms with E-state index in [2.05, 4.69) is 24.1 Å². The van der Waals surface area contributed by atoms with Crippen molar-refractivity contribution in [2.45, 2.75) is 46.1 Å². The van der Waals surface area contributed by atoms with Crippen LogP contribution in [0.4, 0.5) is 0 Å². The molecule has 1 fully saturated rings. The molecule has 1 aliphatic rings. The first-order chi connectivity index (χ1) is 13.0. The molecular weight excluding hydrogens is 342 g/mol. The first-order valence-electron chi connectivity index (χ1n) is 10.1. The second-order valence-electron chi connectivity index (χ2n) is 8.00. The van der Waals surface area contributed by atoms with Gasteiger partial charge in [0, 0.05) is 32.6 Å². The van der Waals surface area contributed by atoms with E-state index in [0.717, 1.165) is 30.3 Å². The SMILES string of the molecule is CC1CC(C)CN(CCCNC(=O)CCCn2c(=O)oc3ccccc32)C1. The minimum atomic E-state index is -0.360. The van der Waals surface area contributed by atoms with Crippen LogP contribution in [0.15, 0.2) is 33.5 Å². The van der Waals surface area contributed by atoms with Crippen molar-refractivity contribution in [3.05, 3.63) is 34.8 Å². The highest BCUT2D eigenvalue weighted by molar-refractivity contribution is 5.76. The van der Waals surface area contributed by atoms with Crippen LogP contribution in [0.3, 0.4) is 0 Å². The van der Waals surface area contributed by atoms with Crippen LogP contribution in [0.25, 0.3) is 11.1 Å². The zero-order chi connectivity index (χ0) is 19.2. The van der Waals surface area contributed by atoms with Crippen molar-refractivity contribution < 1.29 is 9.21 Å². The molecular formula is C21H31N3O3. The molecule has 1 N–H and O–H groups in total. The maximum Gasteiger partial charge on any atom is 0.419 e. The van der Waals surface area contributed by atoms with E-state index < -0.39 is 0 Å². The number of carbonyl (C=O) groups excluding carboxylic acids is 1. The Kier molecular flexibility index (Phi) is 6.72. The number of carbonyl (C=O) groups is 1. The van der Waals surface area contributed by atoms with Gasteiger partial charge in [0.05, 0.1) is 5.52 Å². The number of aryl methyl sites for hydroxylation is 1. The summed E-state index contributed by atoms with van der Waals surface area (Å²) in [7, 11) is 0. The van der Waals surface area contributed by atoms with Crippen LogP contribution < -0.4 is 11.1 Å². The summed E-state index contributed by atoms with van der Waals surface area (Å²) in [5, 5.41) is 3.00. The van der Waals surface area contributed by atoms with Gasteiger partial charge in [0.1, 0.15) is 0 Å². The average Bonchev–Trinajstić information content (AvgIpc) is 2.94. The number of nitrogens with one attached hydrogen (secondary N) is 1. The van der Waals surface area contributed by atoms with E-state index in [1.54, 1.807) is 10.6 Å². The van der Waals surface area contributed by atoms with Gasteiger partial charge in [0.2, 0.25) is 5.91 Å². The highest BCUT2D eigenvalue weighted by atomic mass is 16.4. The van der Waals surface area contributed by atoms with Crippen LogP contribution in [-0.4, -0.2) is 41.6 Å². The Labute approximate surface area is 160 Å². The van der Waals surface area contributed by atoms with E-state index in [0.29, 0.717) is 31.5 Å². The van der Waals surface area contributed by atoms with Crippen LogP contribution in [-0.2, 0) is 11.3 Å². The van der Waals surface area contributed by atoms with Crippen molar-refractivity contribution in [3.8, 4) is 0 Å². The number of likely N-dealkylation sites (tertiary alicyclic amines) is 1. The number of fused-ring (bicyclic) bond motifs is 1. The zero-order valence-electron chi connectivity index (χ0n) is 16.4. The Morgan fingerprint density at radius 3 is 2.67 bits per heavy atom. The van der Waals surface area contributed by atoms with Crippen molar-refractivity contribution in [2.75, 3.05) is 26.2 Å². The number of rotatable bonds is 8. The minimum absolute atomic E-state index is 0.0521. The lowest BCUT2D eigenvalue weighted by molar-refractivity contribution is -0.121. The fraction of sp³-hybridized carbons (Fsp3) is 0.619. The Bertz CT molecular complexity index is 800. The Morgan fingerprint density at radius 1 is 1.15 bits per heavy atom. The number of hydrogen-bond donors (Lipinski definition) is 1. The summed E-state index contributed by atoms with van der Waals surface area (Å²) in [5.74, 6) is 1.23. The van der Waals surface area contributed by atoms with Gasteiger partial charge in [-0.1, -0.05) is 26.0 Å². The van der Waals surface area contributed by atoms with E-state index in [1.807, 2.05) is 18.2 Å². The Balaban J connectivity index is 1.34. The van der Waals surface area contributed by atoms with Crippen LogP contribution in [0.1, 0.15) is 39.5 Å². The van der Waals surface area contributed by atoms with E-state index in [1.165, 1.54) is 19.5 Å². The first-order valence-corrected chi connectivity index (χ1v) is 10.1. The number of para-hydroxylation sites is 2. The minimum Gasteiger partial charge on any atom is -0.408 e. The van der Waals surface area contributed by atoms with Crippen molar-refractivity contribution >= 4 is 17.0 Å². The topological polar surface area (TPSA) is 67.5 Å². The Morgan fingerprint density at radius 2 is 1.89 bits per heavy atom. The van der Waals surface area contributed by atoms with Gasteiger partial charge in [-0.2, -0.15) is 0 Å². The number of piperidine rings is 1. The highest BCUT2D eigenvalue weighted by Gasteiger charge is 2.21. The van der Waals surface area contributed by atoms with Gasteiger partial charge in [-0.15, -0.1) is 0 Å². The standard InChI is InChI=1S/C21H31N3O3/c1-16-13-17(2)15-23(14-16)11-6-10-22-20(25)9-5-12-24-18-7-3-4-8-19(18)27-21(24)26/h3-4,7-8,16-17H,5-6,9-15H2,1-2H3,(H,22,25). The molecule has 6 heteroatoms. The molecule has 0 aliphatic carbocycles. The lowest BCUT2D eigenvalue weighted by Crippen LogP contribution is -2.40. The second-order valence-corrected chi connectivity index (χ2v) is 8.00. The zero-order valence-corrected chi connectivity index (χ0v) is 16.4. The normalized spacial score (nSPS) is 20.8. The predicted molar refractivity (Wildman–Crippen MR) is 107 cm³/mol. The molecule has 2 heterocycles. The maximum absolute atomic E-state index is 12.0. The summed E-state index contributed by atoms with van der Waals surface area (Å²) in [6.45, 7) is 9.24. The van der Waals surface area contributed by atoms with Crippen LogP contribution in [0.2, 0.25) is 0 Å². The molecule has 2 aromatic rings. The third-order valence-electron chi connectivity index (χ3n) is 5.28. The van der Waals surface area contributed by atoms with Crippen molar-refractivity contribution in [1.29, 1.82) is 0 Å². The third kappa shape index (κ3) is 5.45. The first kappa shape index (κ1) is 19.7. The fourth-order valence-electron chi connectivity index (χ4n) is 4.22. The van der Waals surface area contributed by atoms with Gasteiger partial charge >= 0.3 is 5.76 Å². The molecule has 0 bridgehead atoms. The van der Waals surface area contributed by atoms with Crippen LogP contribution in [0.5, 0.6) is 0 Å². The molecule has 1 aliphatic heterocycles. The number of benzene rings is 1. The molecule has 6 nitrogen and oxygen atoms in total. The number of amides is 1. The molecule has 3 rings (SSSR count). The largest absolute Gasteiger partial charge is 0.419 e. The number of hydrogen-bond acceptors (Lipinski definition) is 4. The van der Waals surface area contributed by atoms with E-state index in [4.69, 9.17) is 4.42 Å². The van der Waals surface area contributed by atoms with Gasteiger partial charge < -0.3 is 14.6 Å². The molecule has 0 spiro atoms. The van der Waals surface area contributed by atoms with E-state index in [9.17, 15) is 9.59 Å². The van der Waals surface area contributed by atoms with E-state index in [-0.39, 0.29) is 11.7 Å². The van der Waals surface area contributed by atoms with Gasteiger partial charge in [-0.3, -0.25) is 9.36 Å². The van der Waals surface area contributed by atoms with E-state index >= 15 is 0 Å². The predicted octanol–water partition coefficient (Wildman–Crippen LogP) is 2.86. The molecule has 2 atom stereocenters. The number of oxazole rings is 1. The molecule has 27 heavy (non-hydrogen) atoms. The Hall–Kier alpha value is -2.08. The van der Waals surface area contributed by atoms with Gasteiger partial charge in [-0.05, 0) is 49.8 Å². The number of aromatic nitrogens is 1. The lowest BCUT2D eigenvalue weighted by atomic mass is 9.92. The molecule has 1 aromatic carbocycles. The van der Waals surface area contributed by atoms with Crippen LogP contribution >= 0.6 is 0 Å². The van der Waals surface area contributed by atoms with Gasteiger partial charge in [-0.25, -0.2) is 4.79 Å². The quantitative estimate of drug-likeness (QED) is 0.723. The smallest absolute Gasteiger partial charge is 0.408 e. The molecule has 1 aromatic heterocycles. The summed E-state index contributed by atoms with van der Waals surface area (Å²) >= 11 is 0. The van der Waals surface area contributed by atoms with Gasteiger partial charge in [0.15, 0.2) is 5.58 Å². The summed E-state index contributed by atoms with van der Waals surface area (Å²) in [6, 6.07) is 7.37. The van der Waals surface area contributed by atoms with Gasteiger partial charge in [0.25, 0.3) is 0 Å². The summed E-state index contributed by atoms with van der Waals surface area (Å²) in [6.07, 6.45) is 3.35. The molecule has 2 unspecified atom stereocenters. The summed E-state index contributed by atoms with van der Waals surface area (Å²) < 4.78 is 6.81. The molecule has 148 valence electrons. The third-order valence-corrected chi connectivity index (χ3v) is 5.28. The van der Waals surface area contributed by atoms with Crippen molar-refractivity contribution in [3.63, 3.8) is 0 Å². The maximum atomic E-state index is 12.0. The molecule has 0 saturated carbocycles. The summed E-state index contributed by atoms with van der Waals surface area (Å²) in [4.78, 5) is 26.5. The number of nitrogens with zero attached hydrogens (tertiary/aromatic N) is 2. The second kappa shape index (κ2) is 9.22. The molecule has 1 amide bonds. The van der Waals surface area contributed by atoms with Crippen molar-refractivity contribution in [2.24, 2.45) is 11.8 Å². The molecule has 1 saturated heterocycles. The van der Waals surface area contributed by atoms with Crippen molar-refractivity contribution in [1.82, 2.24) is 14.8 Å². The summed E-state index contributed by atoms with van der Waals surface area (Å²) in [5.41, 5.74) is 1.38. The average molecular weight is 373 g/mol. The monoisotopic (exact) mass is 373 g/mol. The lowest BCUT2D eigenvalue weighted by Gasteiger charge is -2.34. The van der Waals surface area contributed by atoms with Crippen LogP contribution in [0, 0.1) is 11.8 Å².